The van der Waals surface area contributed by atoms with Gasteiger partial charge in [-0.15, -0.1) is 0 Å². The Morgan fingerprint density at radius 2 is 1.95 bits per heavy atom. The minimum Gasteiger partial charge on any atom is -0.491 e. The molecule has 22 heavy (non-hydrogen) atoms. The van der Waals surface area contributed by atoms with Gasteiger partial charge >= 0.3 is 0 Å². The number of carbonyl (C=O) groups is 1. The molecule has 2 bridgehead atoms. The molecule has 122 valence electrons. The summed E-state index contributed by atoms with van der Waals surface area (Å²) in [6.07, 6.45) is 7.34. The fraction of sp³-hybridized carbons (Fsp3) is 0.842. The molecule has 0 spiro atoms. The maximum Gasteiger partial charge on any atom is 0.159 e. The molecule has 7 atom stereocenters. The van der Waals surface area contributed by atoms with Gasteiger partial charge in [0.15, 0.2) is 5.78 Å². The van der Waals surface area contributed by atoms with E-state index in [1.165, 1.54) is 0 Å². The van der Waals surface area contributed by atoms with E-state index in [9.17, 15) is 9.90 Å². The molecule has 3 heteroatoms. The zero-order valence-electron chi connectivity index (χ0n) is 14.0. The van der Waals surface area contributed by atoms with Gasteiger partial charge in [0, 0.05) is 24.3 Å². The molecule has 0 radical (unpaired) electrons. The molecule has 2 aliphatic carbocycles. The van der Waals surface area contributed by atoms with Gasteiger partial charge in [0.1, 0.15) is 11.4 Å². The average Bonchev–Trinajstić information content (AvgIpc) is 2.69. The van der Waals surface area contributed by atoms with Crippen LogP contribution in [0.25, 0.3) is 0 Å². The fourth-order valence-electron chi connectivity index (χ4n) is 6.20. The van der Waals surface area contributed by atoms with Gasteiger partial charge in [-0.05, 0) is 56.3 Å². The maximum absolute atomic E-state index is 12.1. The van der Waals surface area contributed by atoms with Crippen LogP contribution in [0.2, 0.25) is 0 Å². The second-order valence-corrected chi connectivity index (χ2v) is 8.64. The topological polar surface area (TPSA) is 46.5 Å². The summed E-state index contributed by atoms with van der Waals surface area (Å²) in [5.41, 5.74) is -0.124. The lowest BCUT2D eigenvalue weighted by atomic mass is 9.52. The normalized spacial score (nSPS) is 53.9. The van der Waals surface area contributed by atoms with Gasteiger partial charge in [-0.3, -0.25) is 4.79 Å². The van der Waals surface area contributed by atoms with E-state index in [1.54, 1.807) is 6.08 Å². The number of carbonyl (C=O) groups excluding carboxylic acids is 1. The number of fused-ring (bicyclic) bond motifs is 6. The van der Waals surface area contributed by atoms with Crippen LogP contribution in [0.4, 0.5) is 0 Å². The SMILES string of the molecule is C[C@H]1C2=CC(=O)CC[C@](C)(O2)[C@H]2CC[C@@]3(C)[C@@H](O)CC[C@H]3[C@H]12. The molecule has 4 aliphatic rings. The van der Waals surface area contributed by atoms with Crippen LogP contribution in [-0.2, 0) is 9.53 Å². The maximum atomic E-state index is 12.1. The molecular formula is C19H28O3. The van der Waals surface area contributed by atoms with Gasteiger partial charge in [0.05, 0.1) is 6.10 Å². The molecule has 3 fully saturated rings. The molecule has 2 heterocycles. The highest BCUT2D eigenvalue weighted by atomic mass is 16.5. The monoisotopic (exact) mass is 304 g/mol. The predicted molar refractivity (Wildman–Crippen MR) is 84.0 cm³/mol. The van der Waals surface area contributed by atoms with Gasteiger partial charge in [0.25, 0.3) is 0 Å². The second-order valence-electron chi connectivity index (χ2n) is 8.64. The van der Waals surface area contributed by atoms with Crippen molar-refractivity contribution in [1.82, 2.24) is 0 Å². The van der Waals surface area contributed by atoms with Crippen LogP contribution in [0.5, 0.6) is 0 Å². The summed E-state index contributed by atoms with van der Waals surface area (Å²) in [7, 11) is 0. The smallest absolute Gasteiger partial charge is 0.159 e. The largest absolute Gasteiger partial charge is 0.491 e. The summed E-state index contributed by atoms with van der Waals surface area (Å²) in [5.74, 6) is 3.07. The summed E-state index contributed by atoms with van der Waals surface area (Å²) < 4.78 is 6.37. The van der Waals surface area contributed by atoms with Crippen molar-refractivity contribution in [2.45, 2.75) is 71.0 Å². The molecule has 1 saturated heterocycles. The number of hydrogen-bond donors (Lipinski definition) is 1. The van der Waals surface area contributed by atoms with E-state index in [1.807, 2.05) is 0 Å². The van der Waals surface area contributed by atoms with E-state index in [0.717, 1.165) is 37.9 Å². The van der Waals surface area contributed by atoms with Crippen LogP contribution < -0.4 is 0 Å². The van der Waals surface area contributed by atoms with Crippen LogP contribution in [0.15, 0.2) is 11.8 Å². The van der Waals surface area contributed by atoms with E-state index in [4.69, 9.17) is 4.74 Å². The minimum absolute atomic E-state index is 0.0663. The highest BCUT2D eigenvalue weighted by Crippen LogP contribution is 2.63. The van der Waals surface area contributed by atoms with Gasteiger partial charge < -0.3 is 9.84 Å². The summed E-state index contributed by atoms with van der Waals surface area (Å²) in [6, 6.07) is 0. The molecule has 0 aromatic heterocycles. The van der Waals surface area contributed by atoms with Gasteiger partial charge in [-0.1, -0.05) is 13.8 Å². The van der Waals surface area contributed by atoms with Crippen molar-refractivity contribution < 1.29 is 14.6 Å². The third-order valence-electron chi connectivity index (χ3n) is 7.62. The molecule has 1 N–H and O–H groups in total. The molecule has 4 rings (SSSR count). The summed E-state index contributed by atoms with van der Waals surface area (Å²) >= 11 is 0. The molecule has 0 aromatic carbocycles. The molecule has 0 aromatic rings. The molecule has 0 unspecified atom stereocenters. The number of aliphatic hydroxyl groups excluding tert-OH is 1. The molecular weight excluding hydrogens is 276 g/mol. The van der Waals surface area contributed by atoms with Gasteiger partial charge in [0.2, 0.25) is 0 Å². The third-order valence-corrected chi connectivity index (χ3v) is 7.62. The van der Waals surface area contributed by atoms with Gasteiger partial charge in [-0.2, -0.15) is 0 Å². The van der Waals surface area contributed by atoms with E-state index < -0.39 is 0 Å². The fourth-order valence-corrected chi connectivity index (χ4v) is 6.20. The van der Waals surface area contributed by atoms with Crippen molar-refractivity contribution in [3.63, 3.8) is 0 Å². The van der Waals surface area contributed by atoms with Gasteiger partial charge in [-0.25, -0.2) is 0 Å². The number of rotatable bonds is 0. The van der Waals surface area contributed by atoms with Crippen LogP contribution in [0, 0.1) is 29.1 Å². The lowest BCUT2D eigenvalue weighted by molar-refractivity contribution is -0.168. The Labute approximate surface area is 133 Å². The van der Waals surface area contributed by atoms with Crippen molar-refractivity contribution in [1.29, 1.82) is 0 Å². The van der Waals surface area contributed by atoms with Crippen LogP contribution in [-0.4, -0.2) is 22.6 Å². The highest BCUT2D eigenvalue weighted by Gasteiger charge is 2.61. The molecule has 2 saturated carbocycles. The van der Waals surface area contributed by atoms with Crippen LogP contribution in [0.3, 0.4) is 0 Å². The first-order valence-corrected chi connectivity index (χ1v) is 8.97. The number of ketones is 1. The number of allylic oxidation sites excluding steroid dienone is 2. The van der Waals surface area contributed by atoms with E-state index in [-0.39, 0.29) is 22.9 Å². The van der Waals surface area contributed by atoms with Crippen molar-refractivity contribution in [2.75, 3.05) is 0 Å². The van der Waals surface area contributed by atoms with E-state index in [0.29, 0.717) is 30.1 Å². The van der Waals surface area contributed by atoms with Crippen molar-refractivity contribution in [3.05, 3.63) is 11.8 Å². The standard InChI is InChI=1S/C19H28O3/c1-11-15-10-12(20)6-9-19(3,22-15)14-7-8-18(2)13(17(11)14)4-5-16(18)21/h10-11,13-14,16-17,21H,4-9H2,1-3H3/t11-,13-,14-,16-,17-,18+,19-/m0/s1. The first kappa shape index (κ1) is 14.7. The molecule has 0 amide bonds. The van der Waals surface area contributed by atoms with Crippen LogP contribution >= 0.6 is 0 Å². The Bertz CT molecular complexity index is 539. The highest BCUT2D eigenvalue weighted by molar-refractivity contribution is 5.90. The average molecular weight is 304 g/mol. The quantitative estimate of drug-likeness (QED) is 0.745. The number of aliphatic hydroxyl groups is 1. The van der Waals surface area contributed by atoms with Crippen molar-refractivity contribution in [3.8, 4) is 0 Å². The summed E-state index contributed by atoms with van der Waals surface area (Å²) in [6.45, 7) is 6.74. The zero-order valence-corrected chi connectivity index (χ0v) is 14.0. The lowest BCUT2D eigenvalue weighted by Crippen LogP contribution is -2.56. The molecule has 3 nitrogen and oxygen atoms in total. The Kier molecular flexibility index (Phi) is 3.08. The number of ether oxygens (including phenoxy) is 1. The second kappa shape index (κ2) is 4.59. The first-order valence-electron chi connectivity index (χ1n) is 8.97. The predicted octanol–water partition coefficient (Wildman–Crippen LogP) is 3.46. The van der Waals surface area contributed by atoms with Crippen LogP contribution in [0.1, 0.15) is 59.3 Å². The summed E-state index contributed by atoms with van der Waals surface area (Å²) in [4.78, 5) is 12.1. The Balaban J connectivity index is 1.78. The first-order chi connectivity index (χ1) is 10.3. The van der Waals surface area contributed by atoms with E-state index >= 15 is 0 Å². The van der Waals surface area contributed by atoms with E-state index in [2.05, 4.69) is 20.8 Å². The third kappa shape index (κ3) is 1.81. The number of hydrogen-bond acceptors (Lipinski definition) is 3. The Morgan fingerprint density at radius 3 is 2.73 bits per heavy atom. The van der Waals surface area contributed by atoms with Crippen molar-refractivity contribution >= 4 is 5.78 Å². The Morgan fingerprint density at radius 1 is 1.18 bits per heavy atom. The molecule has 2 aliphatic heterocycles. The lowest BCUT2D eigenvalue weighted by Gasteiger charge is -2.58. The Hall–Kier alpha value is -0.830. The zero-order chi connectivity index (χ0) is 15.7. The minimum atomic E-state index is -0.190. The van der Waals surface area contributed by atoms with Crippen molar-refractivity contribution in [2.24, 2.45) is 29.1 Å². The summed E-state index contributed by atoms with van der Waals surface area (Å²) in [5, 5.41) is 10.5.